The van der Waals surface area contributed by atoms with Crippen LogP contribution in [0.5, 0.6) is 0 Å². The van der Waals surface area contributed by atoms with Crippen LogP contribution in [0.3, 0.4) is 0 Å². The quantitative estimate of drug-likeness (QED) is 0.417. The summed E-state index contributed by atoms with van der Waals surface area (Å²) in [5, 5.41) is 0. The lowest BCUT2D eigenvalue weighted by molar-refractivity contribution is 0.249. The molecule has 27 heavy (non-hydrogen) atoms. The minimum absolute atomic E-state index is 0.939. The Bertz CT molecular complexity index is 648. The van der Waals surface area contributed by atoms with Crippen LogP contribution in [0.2, 0.25) is 0 Å². The first-order valence-corrected chi connectivity index (χ1v) is 11.3. The fourth-order valence-corrected chi connectivity index (χ4v) is 4.52. The van der Waals surface area contributed by atoms with E-state index >= 15 is 0 Å². The number of aryl methyl sites for hydroxylation is 2. The van der Waals surface area contributed by atoms with Gasteiger partial charge >= 0.3 is 0 Å². The molecule has 2 aromatic rings. The Morgan fingerprint density at radius 3 is 2.04 bits per heavy atom. The summed E-state index contributed by atoms with van der Waals surface area (Å²) in [5.74, 6) is 1.96. The molecule has 3 rings (SSSR count). The molecule has 0 saturated heterocycles. The standard InChI is InChI=1S/C26H37N/c1-3-5-6-7-22-8-10-23(11-9-22)12-13-24-16-19-26(27-20-24)25-17-14-21(4-2)15-18-25/h14-20,22-23H,3-13H2,1-2H3/t22-,23-. The molecule has 0 N–H and O–H groups in total. The maximum absolute atomic E-state index is 4.72. The highest BCUT2D eigenvalue weighted by atomic mass is 14.7. The van der Waals surface area contributed by atoms with Crippen molar-refractivity contribution in [3.05, 3.63) is 53.7 Å². The molecule has 1 aliphatic carbocycles. The lowest BCUT2D eigenvalue weighted by Gasteiger charge is -2.28. The monoisotopic (exact) mass is 363 g/mol. The van der Waals surface area contributed by atoms with Crippen LogP contribution in [0.25, 0.3) is 11.3 Å². The second-order valence-electron chi connectivity index (χ2n) is 8.52. The molecule has 0 amide bonds. The predicted octanol–water partition coefficient (Wildman–Crippen LogP) is 7.63. The molecule has 1 aliphatic rings. The molecule has 1 nitrogen and oxygen atoms in total. The number of benzene rings is 1. The third kappa shape index (κ3) is 6.19. The Balaban J connectivity index is 1.42. The maximum Gasteiger partial charge on any atom is 0.0702 e. The van der Waals surface area contributed by atoms with Crippen molar-refractivity contribution in [1.82, 2.24) is 4.98 Å². The van der Waals surface area contributed by atoms with E-state index in [1.54, 1.807) is 0 Å². The summed E-state index contributed by atoms with van der Waals surface area (Å²) in [5.41, 5.74) is 5.10. The average molecular weight is 364 g/mol. The molecule has 1 fully saturated rings. The lowest BCUT2D eigenvalue weighted by Crippen LogP contribution is -2.15. The first-order valence-electron chi connectivity index (χ1n) is 11.3. The number of unbranched alkanes of at least 4 members (excludes halogenated alkanes) is 2. The highest BCUT2D eigenvalue weighted by Crippen LogP contribution is 2.34. The van der Waals surface area contributed by atoms with Crippen molar-refractivity contribution in [2.45, 2.75) is 84.5 Å². The number of pyridine rings is 1. The number of nitrogens with zero attached hydrogens (tertiary/aromatic N) is 1. The van der Waals surface area contributed by atoms with Crippen molar-refractivity contribution >= 4 is 0 Å². The van der Waals surface area contributed by atoms with Gasteiger partial charge in [-0.2, -0.15) is 0 Å². The van der Waals surface area contributed by atoms with Gasteiger partial charge in [0.15, 0.2) is 0 Å². The average Bonchev–Trinajstić information content (AvgIpc) is 2.74. The van der Waals surface area contributed by atoms with E-state index < -0.39 is 0 Å². The van der Waals surface area contributed by atoms with Gasteiger partial charge in [0.1, 0.15) is 0 Å². The van der Waals surface area contributed by atoms with Crippen molar-refractivity contribution in [3.63, 3.8) is 0 Å². The van der Waals surface area contributed by atoms with Gasteiger partial charge in [-0.15, -0.1) is 0 Å². The molecule has 0 atom stereocenters. The molecule has 1 aromatic carbocycles. The largest absolute Gasteiger partial charge is 0.256 e. The number of hydrogen-bond donors (Lipinski definition) is 0. The van der Waals surface area contributed by atoms with Crippen LogP contribution in [0.15, 0.2) is 42.6 Å². The molecular formula is C26H37N. The Morgan fingerprint density at radius 1 is 0.778 bits per heavy atom. The first-order chi connectivity index (χ1) is 13.3. The van der Waals surface area contributed by atoms with Crippen LogP contribution in [0.4, 0.5) is 0 Å². The Hall–Kier alpha value is -1.63. The zero-order valence-corrected chi connectivity index (χ0v) is 17.4. The summed E-state index contributed by atoms with van der Waals surface area (Å²) in [7, 11) is 0. The van der Waals surface area contributed by atoms with Gasteiger partial charge in [0, 0.05) is 11.8 Å². The molecule has 1 aromatic heterocycles. The predicted molar refractivity (Wildman–Crippen MR) is 117 cm³/mol. The summed E-state index contributed by atoms with van der Waals surface area (Å²) in [6.45, 7) is 4.50. The molecular weight excluding hydrogens is 326 g/mol. The van der Waals surface area contributed by atoms with Crippen molar-refractivity contribution in [2.75, 3.05) is 0 Å². The number of rotatable bonds is 9. The van der Waals surface area contributed by atoms with E-state index in [0.29, 0.717) is 0 Å². The van der Waals surface area contributed by atoms with Crippen LogP contribution in [0.1, 0.15) is 82.8 Å². The van der Waals surface area contributed by atoms with E-state index in [4.69, 9.17) is 4.98 Å². The Labute approximate surface area is 166 Å². The van der Waals surface area contributed by atoms with Gasteiger partial charge in [-0.1, -0.05) is 95.5 Å². The van der Waals surface area contributed by atoms with Gasteiger partial charge in [-0.25, -0.2) is 0 Å². The molecule has 0 bridgehead atoms. The minimum Gasteiger partial charge on any atom is -0.256 e. The Kier molecular flexibility index (Phi) is 7.93. The van der Waals surface area contributed by atoms with E-state index in [1.807, 2.05) is 0 Å². The van der Waals surface area contributed by atoms with E-state index in [9.17, 15) is 0 Å². The Morgan fingerprint density at radius 2 is 1.44 bits per heavy atom. The van der Waals surface area contributed by atoms with Crippen molar-refractivity contribution < 1.29 is 0 Å². The second-order valence-corrected chi connectivity index (χ2v) is 8.52. The SMILES string of the molecule is CCCCC[C@H]1CC[C@H](CCc2ccc(-c3ccc(CC)cc3)nc2)CC1. The summed E-state index contributed by atoms with van der Waals surface area (Å²) in [6.07, 6.45) is 17.3. The van der Waals surface area contributed by atoms with Crippen molar-refractivity contribution in [3.8, 4) is 11.3 Å². The van der Waals surface area contributed by atoms with Crippen LogP contribution in [-0.4, -0.2) is 4.98 Å². The molecule has 0 unspecified atom stereocenters. The zero-order valence-electron chi connectivity index (χ0n) is 17.4. The topological polar surface area (TPSA) is 12.9 Å². The van der Waals surface area contributed by atoms with Crippen LogP contribution >= 0.6 is 0 Å². The van der Waals surface area contributed by atoms with Gasteiger partial charge < -0.3 is 0 Å². The number of aromatic nitrogens is 1. The van der Waals surface area contributed by atoms with Gasteiger partial charge in [0.05, 0.1) is 5.69 Å². The molecule has 146 valence electrons. The summed E-state index contributed by atoms with van der Waals surface area (Å²) < 4.78 is 0. The van der Waals surface area contributed by atoms with Crippen LogP contribution in [0, 0.1) is 11.8 Å². The van der Waals surface area contributed by atoms with Gasteiger partial charge in [-0.3, -0.25) is 4.98 Å². The smallest absolute Gasteiger partial charge is 0.0702 e. The fourth-order valence-electron chi connectivity index (χ4n) is 4.52. The molecule has 0 aliphatic heterocycles. The third-order valence-electron chi connectivity index (χ3n) is 6.51. The maximum atomic E-state index is 4.72. The molecule has 1 heteroatoms. The summed E-state index contributed by atoms with van der Waals surface area (Å²) >= 11 is 0. The molecule has 0 radical (unpaired) electrons. The molecule has 1 heterocycles. The fraction of sp³-hybridized carbons (Fsp3) is 0.577. The highest BCUT2D eigenvalue weighted by molar-refractivity contribution is 5.59. The summed E-state index contributed by atoms with van der Waals surface area (Å²) in [6, 6.07) is 13.3. The second kappa shape index (κ2) is 10.6. The normalized spacial score (nSPS) is 19.9. The van der Waals surface area contributed by atoms with Crippen molar-refractivity contribution in [2.24, 2.45) is 11.8 Å². The molecule has 1 saturated carbocycles. The van der Waals surface area contributed by atoms with E-state index in [0.717, 1.165) is 24.0 Å². The van der Waals surface area contributed by atoms with Gasteiger partial charge in [0.2, 0.25) is 0 Å². The highest BCUT2D eigenvalue weighted by Gasteiger charge is 2.20. The van der Waals surface area contributed by atoms with E-state index in [1.165, 1.54) is 80.9 Å². The zero-order chi connectivity index (χ0) is 18.9. The van der Waals surface area contributed by atoms with Crippen LogP contribution in [-0.2, 0) is 12.8 Å². The van der Waals surface area contributed by atoms with Gasteiger partial charge in [-0.05, 0) is 48.3 Å². The van der Waals surface area contributed by atoms with E-state index in [2.05, 4.69) is 56.4 Å². The van der Waals surface area contributed by atoms with Crippen molar-refractivity contribution in [1.29, 1.82) is 0 Å². The lowest BCUT2D eigenvalue weighted by atomic mass is 9.78. The third-order valence-corrected chi connectivity index (χ3v) is 6.51. The summed E-state index contributed by atoms with van der Waals surface area (Å²) in [4.78, 5) is 4.72. The van der Waals surface area contributed by atoms with E-state index in [-0.39, 0.29) is 0 Å². The first kappa shape index (κ1) is 20.1. The molecule has 0 spiro atoms. The minimum atomic E-state index is 0.939. The van der Waals surface area contributed by atoms with Gasteiger partial charge in [0.25, 0.3) is 0 Å². The van der Waals surface area contributed by atoms with Crippen LogP contribution < -0.4 is 0 Å². The number of hydrogen-bond acceptors (Lipinski definition) is 1.